The van der Waals surface area contributed by atoms with Gasteiger partial charge in [0.15, 0.2) is 0 Å². The van der Waals surface area contributed by atoms with Crippen LogP contribution in [0.3, 0.4) is 0 Å². The molecule has 2 rings (SSSR count). The van der Waals surface area contributed by atoms with Crippen molar-refractivity contribution >= 4 is 35.4 Å². The average molecular weight is 458 g/mol. The van der Waals surface area contributed by atoms with Crippen molar-refractivity contribution in [3.63, 3.8) is 0 Å². The minimum atomic E-state index is -1.24. The summed E-state index contributed by atoms with van der Waals surface area (Å²) >= 11 is 4.37. The summed E-state index contributed by atoms with van der Waals surface area (Å²) in [6.07, 6.45) is 0. The fourth-order valence-corrected chi connectivity index (χ4v) is 3.22. The van der Waals surface area contributed by atoms with Crippen molar-refractivity contribution < 1.29 is 29.3 Å². The molecule has 0 radical (unpaired) electrons. The summed E-state index contributed by atoms with van der Waals surface area (Å²) in [5.74, 6) is -2.29. The number of phenols is 1. The van der Waals surface area contributed by atoms with Crippen LogP contribution in [0.15, 0.2) is 35.9 Å². The van der Waals surface area contributed by atoms with Crippen LogP contribution >= 0.6 is 12.6 Å². The van der Waals surface area contributed by atoms with E-state index in [4.69, 9.17) is 4.74 Å². The van der Waals surface area contributed by atoms with Gasteiger partial charge in [0.05, 0.1) is 18.2 Å². The molecule has 0 bridgehead atoms. The molecular weight excluding hydrogens is 430 g/mol. The summed E-state index contributed by atoms with van der Waals surface area (Å²) in [4.78, 5) is 37.4. The third-order valence-corrected chi connectivity index (χ3v) is 5.43. The van der Waals surface area contributed by atoms with Crippen molar-refractivity contribution in [1.82, 2.24) is 5.32 Å². The second-order valence-corrected chi connectivity index (χ2v) is 8.37. The molecular formula is C24H27NO6S. The van der Waals surface area contributed by atoms with E-state index in [1.807, 2.05) is 13.8 Å². The molecule has 0 aliphatic heterocycles. The van der Waals surface area contributed by atoms with Gasteiger partial charge in [-0.05, 0) is 49.6 Å². The van der Waals surface area contributed by atoms with E-state index < -0.39 is 11.9 Å². The number of aromatic hydroxyl groups is 1. The number of nitrogens with one attached hydrogen (secondary N) is 1. The van der Waals surface area contributed by atoms with Gasteiger partial charge in [-0.1, -0.05) is 25.5 Å². The van der Waals surface area contributed by atoms with Crippen LogP contribution in [0.5, 0.6) is 5.75 Å². The van der Waals surface area contributed by atoms with Crippen molar-refractivity contribution in [3.05, 3.63) is 58.2 Å². The van der Waals surface area contributed by atoms with Crippen molar-refractivity contribution in [1.29, 1.82) is 0 Å². The van der Waals surface area contributed by atoms with E-state index in [9.17, 15) is 24.6 Å². The predicted molar refractivity (Wildman–Crippen MR) is 126 cm³/mol. The molecule has 170 valence electrons. The number of methoxy groups -OCH3 is 1. The third kappa shape index (κ3) is 5.50. The number of carboxylic acids is 1. The molecule has 8 heteroatoms. The fraction of sp³-hybridized carbons (Fsp3) is 0.292. The number of esters is 1. The molecule has 0 saturated carbocycles. The maximum absolute atomic E-state index is 12.5. The number of amides is 1. The highest BCUT2D eigenvalue weighted by Gasteiger charge is 2.23. The molecule has 1 amide bonds. The van der Waals surface area contributed by atoms with Gasteiger partial charge in [-0.25, -0.2) is 9.59 Å². The monoisotopic (exact) mass is 457 g/mol. The summed E-state index contributed by atoms with van der Waals surface area (Å²) in [6, 6.07) is 6.91. The highest BCUT2D eigenvalue weighted by atomic mass is 32.1. The van der Waals surface area contributed by atoms with E-state index in [1.165, 1.54) is 37.4 Å². The Kier molecular flexibility index (Phi) is 8.10. The maximum Gasteiger partial charge on any atom is 0.338 e. The number of thiol groups is 1. The number of aromatic carboxylic acids is 1. The van der Waals surface area contributed by atoms with Gasteiger partial charge in [0.25, 0.3) is 5.91 Å². The van der Waals surface area contributed by atoms with Gasteiger partial charge in [0.1, 0.15) is 5.75 Å². The Bertz CT molecular complexity index is 1100. The first kappa shape index (κ1) is 25.0. The van der Waals surface area contributed by atoms with Crippen LogP contribution in [0.1, 0.15) is 64.3 Å². The number of carboxylic acid groups (broad SMARTS) is 1. The Morgan fingerprint density at radius 2 is 1.69 bits per heavy atom. The summed E-state index contributed by atoms with van der Waals surface area (Å²) in [5.41, 5.74) is 1.49. The number of carbonyl (C=O) groups is 3. The molecule has 0 unspecified atom stereocenters. The van der Waals surface area contributed by atoms with E-state index in [0.717, 1.165) is 5.57 Å². The van der Waals surface area contributed by atoms with Gasteiger partial charge in [-0.15, -0.1) is 12.6 Å². The van der Waals surface area contributed by atoms with Crippen LogP contribution in [0, 0.1) is 5.92 Å². The molecule has 3 N–H and O–H groups in total. The van der Waals surface area contributed by atoms with Gasteiger partial charge in [0.2, 0.25) is 0 Å². The molecule has 7 nitrogen and oxygen atoms in total. The molecule has 32 heavy (non-hydrogen) atoms. The van der Waals surface area contributed by atoms with Crippen LogP contribution in [0.2, 0.25) is 0 Å². The zero-order valence-electron chi connectivity index (χ0n) is 18.6. The lowest BCUT2D eigenvalue weighted by atomic mass is 9.91. The third-order valence-electron chi connectivity index (χ3n) is 4.74. The van der Waals surface area contributed by atoms with E-state index in [-0.39, 0.29) is 51.0 Å². The number of hydrogen-bond donors (Lipinski definition) is 4. The Hall–Kier alpha value is -3.26. The van der Waals surface area contributed by atoms with Crippen LogP contribution in [0.25, 0.3) is 16.0 Å². The lowest BCUT2D eigenvalue weighted by molar-refractivity contribution is 0.0600. The summed E-state index contributed by atoms with van der Waals surface area (Å²) < 4.78 is 4.86. The second kappa shape index (κ2) is 10.4. The van der Waals surface area contributed by atoms with Crippen molar-refractivity contribution in [2.45, 2.75) is 27.7 Å². The van der Waals surface area contributed by atoms with Crippen LogP contribution < -0.4 is 5.32 Å². The van der Waals surface area contributed by atoms with Crippen molar-refractivity contribution in [2.75, 3.05) is 13.7 Å². The molecule has 0 aliphatic carbocycles. The second-order valence-electron chi connectivity index (χ2n) is 7.92. The minimum Gasteiger partial charge on any atom is -0.507 e. The summed E-state index contributed by atoms with van der Waals surface area (Å²) in [5, 5.41) is 23.2. The van der Waals surface area contributed by atoms with Gasteiger partial charge >= 0.3 is 11.9 Å². The topological polar surface area (TPSA) is 113 Å². The number of rotatable bonds is 7. The Balaban J connectivity index is 2.72. The van der Waals surface area contributed by atoms with Crippen molar-refractivity contribution in [2.24, 2.45) is 5.92 Å². The molecule has 0 saturated heterocycles. The largest absolute Gasteiger partial charge is 0.507 e. The minimum absolute atomic E-state index is 0.00709. The SMILES string of the molecule is COC(=O)c1cc(C(=O)NCC(C)C)ccc1-c1cc(O)c(C(S)=C(C)C)cc1C(=O)O. The molecule has 0 heterocycles. The lowest BCUT2D eigenvalue weighted by Crippen LogP contribution is -2.27. The smallest absolute Gasteiger partial charge is 0.338 e. The first-order valence-electron chi connectivity index (χ1n) is 9.95. The van der Waals surface area contributed by atoms with Gasteiger partial charge < -0.3 is 20.3 Å². The highest BCUT2D eigenvalue weighted by molar-refractivity contribution is 7.90. The first-order valence-corrected chi connectivity index (χ1v) is 10.4. The first-order chi connectivity index (χ1) is 15.0. The molecule has 0 spiro atoms. The Morgan fingerprint density at radius 1 is 1.03 bits per heavy atom. The number of carbonyl (C=O) groups excluding carboxylic acids is 2. The summed E-state index contributed by atoms with van der Waals surface area (Å²) in [6.45, 7) is 7.95. The summed E-state index contributed by atoms with van der Waals surface area (Å²) in [7, 11) is 1.19. The molecule has 2 aromatic rings. The van der Waals surface area contributed by atoms with E-state index in [0.29, 0.717) is 11.4 Å². The standard InChI is InChI=1S/C24H27NO6S/c1-12(2)11-25-22(27)14-6-7-15(18(8-14)24(30)31-5)16-10-20(26)19(21(32)13(3)4)9-17(16)23(28)29/h6-10,12,26,32H,11H2,1-5H3,(H,25,27)(H,28,29). The maximum atomic E-state index is 12.5. The predicted octanol–water partition coefficient (Wildman–Crippen LogP) is 4.61. The normalized spacial score (nSPS) is 10.6. The molecule has 0 aliphatic rings. The molecule has 0 aromatic heterocycles. The quantitative estimate of drug-likeness (QED) is 0.357. The van der Waals surface area contributed by atoms with Gasteiger partial charge in [-0.3, -0.25) is 4.79 Å². The average Bonchev–Trinajstić information content (AvgIpc) is 2.75. The van der Waals surface area contributed by atoms with E-state index in [1.54, 1.807) is 13.8 Å². The molecule has 0 fully saturated rings. The molecule has 2 aromatic carbocycles. The van der Waals surface area contributed by atoms with Crippen LogP contribution in [-0.4, -0.2) is 41.7 Å². The van der Waals surface area contributed by atoms with E-state index >= 15 is 0 Å². The van der Waals surface area contributed by atoms with Gasteiger partial charge in [-0.2, -0.15) is 0 Å². The van der Waals surface area contributed by atoms with Crippen LogP contribution in [0.4, 0.5) is 0 Å². The zero-order chi connectivity index (χ0) is 24.2. The number of benzene rings is 2. The Morgan fingerprint density at radius 3 is 2.22 bits per heavy atom. The number of hydrogen-bond acceptors (Lipinski definition) is 6. The lowest BCUT2D eigenvalue weighted by Gasteiger charge is -2.16. The van der Waals surface area contributed by atoms with Crippen molar-refractivity contribution in [3.8, 4) is 16.9 Å². The van der Waals surface area contributed by atoms with Crippen LogP contribution in [-0.2, 0) is 4.74 Å². The number of phenolic OH excluding ortho intramolecular Hbond substituents is 1. The Labute approximate surface area is 192 Å². The van der Waals surface area contributed by atoms with Gasteiger partial charge in [0, 0.05) is 28.1 Å². The highest BCUT2D eigenvalue weighted by Crippen LogP contribution is 2.38. The zero-order valence-corrected chi connectivity index (χ0v) is 19.5. The fourth-order valence-electron chi connectivity index (χ4n) is 3.05. The van der Waals surface area contributed by atoms with E-state index in [2.05, 4.69) is 17.9 Å². The molecule has 0 atom stereocenters. The number of ether oxygens (including phenoxy) is 1. The number of allylic oxidation sites excluding steroid dienone is 1.